The molecule has 1 aromatic carbocycles. The molecule has 21 heavy (non-hydrogen) atoms. The van der Waals surface area contributed by atoms with E-state index in [0.717, 1.165) is 0 Å². The highest BCUT2D eigenvalue weighted by atomic mass is 35.5. The Hall–Kier alpha value is -0.530. The summed E-state index contributed by atoms with van der Waals surface area (Å²) >= 11 is 11.9. The van der Waals surface area contributed by atoms with E-state index in [4.69, 9.17) is 28.3 Å². The van der Waals surface area contributed by atoms with Crippen LogP contribution in [-0.4, -0.2) is 47.1 Å². The van der Waals surface area contributed by atoms with Crippen molar-refractivity contribution >= 4 is 23.2 Å². The van der Waals surface area contributed by atoms with Crippen molar-refractivity contribution in [3.63, 3.8) is 0 Å². The quantitative estimate of drug-likeness (QED) is 0.798. The summed E-state index contributed by atoms with van der Waals surface area (Å²) in [6.45, 7) is -0.808. The van der Waals surface area contributed by atoms with Gasteiger partial charge in [0, 0.05) is 19.6 Å². The SMILES string of the molecule is OC[C@@H](O)CN(CCC(F)(F)F)Cc1cccc(Cl)c1Cl. The van der Waals surface area contributed by atoms with Crippen molar-refractivity contribution < 1.29 is 23.4 Å². The van der Waals surface area contributed by atoms with Gasteiger partial charge in [-0.3, -0.25) is 4.90 Å². The molecule has 0 heterocycles. The minimum atomic E-state index is -4.29. The van der Waals surface area contributed by atoms with E-state index in [0.29, 0.717) is 10.6 Å². The molecule has 1 rings (SSSR count). The van der Waals surface area contributed by atoms with Crippen LogP contribution >= 0.6 is 23.2 Å². The van der Waals surface area contributed by atoms with Crippen molar-refractivity contribution in [2.24, 2.45) is 0 Å². The van der Waals surface area contributed by atoms with Gasteiger partial charge < -0.3 is 10.2 Å². The molecule has 0 saturated carbocycles. The number of benzene rings is 1. The van der Waals surface area contributed by atoms with Crippen LogP contribution in [0.2, 0.25) is 10.0 Å². The minimum Gasteiger partial charge on any atom is -0.394 e. The first-order chi connectivity index (χ1) is 9.73. The standard InChI is InChI=1S/C13H16Cl2F3NO2/c14-11-3-1-2-9(12(11)15)6-19(7-10(21)8-20)5-4-13(16,17)18/h1-3,10,20-21H,4-8H2/t10-/m0/s1. The second-order valence-electron chi connectivity index (χ2n) is 4.65. The summed E-state index contributed by atoms with van der Waals surface area (Å²) in [5.74, 6) is 0. The molecule has 0 aliphatic rings. The predicted octanol–water partition coefficient (Wildman–Crippen LogP) is 3.10. The van der Waals surface area contributed by atoms with E-state index in [2.05, 4.69) is 0 Å². The highest BCUT2D eigenvalue weighted by Gasteiger charge is 2.28. The predicted molar refractivity (Wildman–Crippen MR) is 75.5 cm³/mol. The van der Waals surface area contributed by atoms with Gasteiger partial charge in [-0.25, -0.2) is 0 Å². The van der Waals surface area contributed by atoms with Crippen molar-refractivity contribution in [2.75, 3.05) is 19.7 Å². The lowest BCUT2D eigenvalue weighted by Gasteiger charge is -2.25. The Morgan fingerprint density at radius 1 is 1.24 bits per heavy atom. The smallest absolute Gasteiger partial charge is 0.390 e. The van der Waals surface area contributed by atoms with Crippen LogP contribution in [-0.2, 0) is 6.54 Å². The van der Waals surface area contributed by atoms with Crippen molar-refractivity contribution in [1.29, 1.82) is 0 Å². The molecule has 3 nitrogen and oxygen atoms in total. The molecular formula is C13H16Cl2F3NO2. The van der Waals surface area contributed by atoms with Crippen LogP contribution in [0.15, 0.2) is 18.2 Å². The van der Waals surface area contributed by atoms with E-state index in [9.17, 15) is 18.3 Å². The summed E-state index contributed by atoms with van der Waals surface area (Å²) < 4.78 is 37.0. The summed E-state index contributed by atoms with van der Waals surface area (Å²) in [6, 6.07) is 4.88. The number of aliphatic hydroxyl groups is 2. The Kier molecular flexibility index (Phi) is 7.23. The number of aliphatic hydroxyl groups excluding tert-OH is 2. The van der Waals surface area contributed by atoms with Crippen molar-refractivity contribution in [3.8, 4) is 0 Å². The second-order valence-corrected chi connectivity index (χ2v) is 5.43. The van der Waals surface area contributed by atoms with Gasteiger partial charge in [0.05, 0.1) is 29.2 Å². The molecule has 0 bridgehead atoms. The average Bonchev–Trinajstić information content (AvgIpc) is 2.40. The molecule has 120 valence electrons. The molecule has 1 atom stereocenters. The largest absolute Gasteiger partial charge is 0.394 e. The molecule has 0 spiro atoms. The third-order valence-corrected chi connectivity index (χ3v) is 3.67. The van der Waals surface area contributed by atoms with Crippen molar-refractivity contribution in [3.05, 3.63) is 33.8 Å². The molecule has 0 radical (unpaired) electrons. The molecule has 0 unspecified atom stereocenters. The highest BCUT2D eigenvalue weighted by Crippen LogP contribution is 2.27. The van der Waals surface area contributed by atoms with Gasteiger partial charge in [-0.1, -0.05) is 35.3 Å². The number of alkyl halides is 3. The number of hydrogen-bond donors (Lipinski definition) is 2. The Labute approximate surface area is 130 Å². The summed E-state index contributed by atoms with van der Waals surface area (Å²) in [5, 5.41) is 18.8. The maximum atomic E-state index is 12.3. The number of nitrogens with zero attached hydrogens (tertiary/aromatic N) is 1. The molecule has 0 aliphatic carbocycles. The van der Waals surface area contributed by atoms with E-state index in [1.54, 1.807) is 18.2 Å². The molecule has 0 aromatic heterocycles. The molecule has 0 amide bonds. The Balaban J connectivity index is 2.78. The lowest BCUT2D eigenvalue weighted by molar-refractivity contribution is -0.139. The summed E-state index contributed by atoms with van der Waals surface area (Å²) in [5.41, 5.74) is 0.566. The summed E-state index contributed by atoms with van der Waals surface area (Å²) in [6.07, 6.45) is -6.42. The zero-order valence-electron chi connectivity index (χ0n) is 11.1. The van der Waals surface area contributed by atoms with Gasteiger partial charge in [0.25, 0.3) is 0 Å². The van der Waals surface area contributed by atoms with Gasteiger partial charge in [0.15, 0.2) is 0 Å². The van der Waals surface area contributed by atoms with E-state index < -0.39 is 25.3 Å². The van der Waals surface area contributed by atoms with Crippen LogP contribution in [0.4, 0.5) is 13.2 Å². The topological polar surface area (TPSA) is 43.7 Å². The third-order valence-electron chi connectivity index (χ3n) is 2.82. The van der Waals surface area contributed by atoms with Crippen LogP contribution in [0.25, 0.3) is 0 Å². The van der Waals surface area contributed by atoms with Gasteiger partial charge in [-0.15, -0.1) is 0 Å². The third kappa shape index (κ3) is 6.84. The number of rotatable bonds is 7. The van der Waals surface area contributed by atoms with Crippen LogP contribution in [0.3, 0.4) is 0 Å². The molecule has 1 aromatic rings. The molecule has 0 fully saturated rings. The first kappa shape index (κ1) is 18.5. The fourth-order valence-corrected chi connectivity index (χ4v) is 2.17. The summed E-state index contributed by atoms with van der Waals surface area (Å²) in [4.78, 5) is 1.38. The monoisotopic (exact) mass is 345 g/mol. The minimum absolute atomic E-state index is 0.0879. The average molecular weight is 346 g/mol. The van der Waals surface area contributed by atoms with E-state index in [1.165, 1.54) is 4.90 Å². The van der Waals surface area contributed by atoms with Gasteiger partial charge in [0.1, 0.15) is 0 Å². The van der Waals surface area contributed by atoms with Gasteiger partial charge in [-0.2, -0.15) is 13.2 Å². The first-order valence-electron chi connectivity index (χ1n) is 6.24. The molecule has 8 heteroatoms. The Morgan fingerprint density at radius 3 is 2.48 bits per heavy atom. The van der Waals surface area contributed by atoms with Crippen LogP contribution in [0.1, 0.15) is 12.0 Å². The molecule has 0 saturated heterocycles. The maximum absolute atomic E-state index is 12.3. The molecule has 2 N–H and O–H groups in total. The molecule has 0 aliphatic heterocycles. The zero-order valence-corrected chi connectivity index (χ0v) is 12.6. The highest BCUT2D eigenvalue weighted by molar-refractivity contribution is 6.42. The van der Waals surface area contributed by atoms with E-state index in [-0.39, 0.29) is 24.7 Å². The van der Waals surface area contributed by atoms with Gasteiger partial charge >= 0.3 is 6.18 Å². The lowest BCUT2D eigenvalue weighted by atomic mass is 10.2. The maximum Gasteiger partial charge on any atom is 0.390 e. The fraction of sp³-hybridized carbons (Fsp3) is 0.538. The fourth-order valence-electron chi connectivity index (χ4n) is 1.79. The van der Waals surface area contributed by atoms with Crippen LogP contribution in [0.5, 0.6) is 0 Å². The van der Waals surface area contributed by atoms with Crippen LogP contribution in [0, 0.1) is 0 Å². The number of halogens is 5. The normalized spacial score (nSPS) is 13.7. The van der Waals surface area contributed by atoms with Crippen LogP contribution < -0.4 is 0 Å². The van der Waals surface area contributed by atoms with E-state index >= 15 is 0 Å². The van der Waals surface area contributed by atoms with Gasteiger partial charge in [0.2, 0.25) is 0 Å². The van der Waals surface area contributed by atoms with Gasteiger partial charge in [-0.05, 0) is 11.6 Å². The van der Waals surface area contributed by atoms with Crippen molar-refractivity contribution in [2.45, 2.75) is 25.2 Å². The molecular weight excluding hydrogens is 330 g/mol. The van der Waals surface area contributed by atoms with E-state index in [1.807, 2.05) is 0 Å². The second kappa shape index (κ2) is 8.19. The summed E-state index contributed by atoms with van der Waals surface area (Å²) in [7, 11) is 0. The number of hydrogen-bond acceptors (Lipinski definition) is 3. The Morgan fingerprint density at radius 2 is 1.90 bits per heavy atom. The lowest BCUT2D eigenvalue weighted by Crippen LogP contribution is -2.36. The first-order valence-corrected chi connectivity index (χ1v) is 6.99. The van der Waals surface area contributed by atoms with Crippen molar-refractivity contribution in [1.82, 2.24) is 4.90 Å². The zero-order chi connectivity index (χ0) is 16.0. The Bertz CT molecular complexity index is 458.